The van der Waals surface area contributed by atoms with Gasteiger partial charge in [-0.25, -0.2) is 4.68 Å². The Kier molecular flexibility index (Phi) is 5.91. The maximum Gasteiger partial charge on any atom is 0.192 e. The van der Waals surface area contributed by atoms with Crippen LogP contribution in [0.5, 0.6) is 0 Å². The van der Waals surface area contributed by atoms with Gasteiger partial charge in [0.2, 0.25) is 0 Å². The fourth-order valence-corrected chi connectivity index (χ4v) is 6.99. The summed E-state index contributed by atoms with van der Waals surface area (Å²) in [5.41, 5.74) is 0. The van der Waals surface area contributed by atoms with Crippen molar-refractivity contribution >= 4 is 23.1 Å². The number of rotatable bonds is 9. The van der Waals surface area contributed by atoms with Crippen molar-refractivity contribution in [1.82, 2.24) is 35.0 Å². The Morgan fingerprint density at radius 2 is 2.17 bits per heavy atom. The van der Waals surface area contributed by atoms with Crippen LogP contribution in [0.15, 0.2) is 22.7 Å². The van der Waals surface area contributed by atoms with Crippen LogP contribution >= 0.6 is 23.1 Å². The summed E-state index contributed by atoms with van der Waals surface area (Å²) in [7, 11) is 0. The second kappa shape index (κ2) is 8.78. The van der Waals surface area contributed by atoms with E-state index >= 15 is 0 Å². The zero-order chi connectivity index (χ0) is 20.5. The van der Waals surface area contributed by atoms with Crippen LogP contribution in [0, 0.1) is 17.8 Å². The lowest BCUT2D eigenvalue weighted by Gasteiger charge is -2.30. The van der Waals surface area contributed by atoms with Crippen LogP contribution < -0.4 is 0 Å². The molecule has 30 heavy (non-hydrogen) atoms. The number of tetrazole rings is 1. The quantitative estimate of drug-likeness (QED) is 0.429. The van der Waals surface area contributed by atoms with Gasteiger partial charge in [-0.3, -0.25) is 4.57 Å². The zero-order valence-corrected chi connectivity index (χ0v) is 19.3. The number of thiophene rings is 1. The molecule has 0 aromatic carbocycles. The highest BCUT2D eigenvalue weighted by Crippen LogP contribution is 2.53. The van der Waals surface area contributed by atoms with Gasteiger partial charge in [-0.15, -0.1) is 26.6 Å². The number of aromatic nitrogens is 7. The third kappa shape index (κ3) is 3.82. The molecule has 2 aliphatic rings. The van der Waals surface area contributed by atoms with Gasteiger partial charge in [0.15, 0.2) is 16.8 Å². The standard InChI is InChI=1S/C21H29N7S2/c1-3-4-9-27-19(22-25-26-27)13-30-21-24-23-20(18-6-5-10-29-18)28(21)14(2)17-12-15-7-8-16(17)11-15/h5-6,10,14-17H,3-4,7-9,11-13H2,1-2H3. The van der Waals surface area contributed by atoms with Gasteiger partial charge in [-0.2, -0.15) is 0 Å². The molecular formula is C21H29N7S2. The second-order valence-electron chi connectivity index (χ2n) is 8.69. The van der Waals surface area contributed by atoms with Gasteiger partial charge in [-0.05, 0) is 72.2 Å². The first-order valence-corrected chi connectivity index (χ1v) is 13.0. The molecule has 0 N–H and O–H groups in total. The summed E-state index contributed by atoms with van der Waals surface area (Å²) in [5.74, 6) is 5.16. The molecular weight excluding hydrogens is 414 g/mol. The minimum Gasteiger partial charge on any atom is -0.298 e. The van der Waals surface area contributed by atoms with E-state index in [4.69, 9.17) is 0 Å². The van der Waals surface area contributed by atoms with Crippen LogP contribution in [0.4, 0.5) is 0 Å². The highest BCUT2D eigenvalue weighted by Gasteiger charge is 2.43. The first-order chi connectivity index (χ1) is 14.7. The van der Waals surface area contributed by atoms with Crippen molar-refractivity contribution in [1.29, 1.82) is 0 Å². The fraction of sp³-hybridized carbons (Fsp3) is 0.667. The summed E-state index contributed by atoms with van der Waals surface area (Å²) >= 11 is 3.45. The van der Waals surface area contributed by atoms with E-state index in [1.807, 2.05) is 4.68 Å². The SMILES string of the molecule is CCCCn1nnnc1CSc1nnc(-c2cccs2)n1C(C)C1CC2CCC1C2. The van der Waals surface area contributed by atoms with Crippen molar-refractivity contribution in [3.63, 3.8) is 0 Å². The van der Waals surface area contributed by atoms with E-state index in [9.17, 15) is 0 Å². The molecule has 160 valence electrons. The van der Waals surface area contributed by atoms with E-state index in [0.29, 0.717) is 11.8 Å². The Labute approximate surface area is 185 Å². The van der Waals surface area contributed by atoms with Crippen molar-refractivity contribution < 1.29 is 0 Å². The van der Waals surface area contributed by atoms with E-state index in [1.54, 1.807) is 23.1 Å². The van der Waals surface area contributed by atoms with Crippen LogP contribution in [-0.2, 0) is 12.3 Å². The number of thioether (sulfide) groups is 1. The molecule has 3 aromatic rings. The third-order valence-electron chi connectivity index (χ3n) is 6.89. The Balaban J connectivity index is 1.40. The second-order valence-corrected chi connectivity index (χ2v) is 10.6. The predicted octanol–water partition coefficient (Wildman–Crippen LogP) is 5.08. The van der Waals surface area contributed by atoms with Gasteiger partial charge in [-0.1, -0.05) is 37.6 Å². The number of aryl methyl sites for hydroxylation is 1. The average molecular weight is 444 g/mol. The van der Waals surface area contributed by atoms with Crippen molar-refractivity contribution in [2.24, 2.45) is 17.8 Å². The number of fused-ring (bicyclic) bond motifs is 2. The van der Waals surface area contributed by atoms with E-state index in [2.05, 4.69) is 61.7 Å². The molecule has 2 aliphatic carbocycles. The predicted molar refractivity (Wildman–Crippen MR) is 119 cm³/mol. The molecule has 2 bridgehead atoms. The van der Waals surface area contributed by atoms with Gasteiger partial charge in [0.05, 0.1) is 10.6 Å². The molecule has 9 heteroatoms. The maximum absolute atomic E-state index is 4.63. The zero-order valence-electron chi connectivity index (χ0n) is 17.6. The van der Waals surface area contributed by atoms with Crippen LogP contribution in [-0.4, -0.2) is 35.0 Å². The van der Waals surface area contributed by atoms with E-state index in [1.165, 1.54) is 30.6 Å². The van der Waals surface area contributed by atoms with Crippen LogP contribution in [0.2, 0.25) is 0 Å². The van der Waals surface area contributed by atoms with Crippen LogP contribution in [0.1, 0.15) is 64.2 Å². The molecule has 2 saturated carbocycles. The minimum atomic E-state index is 0.408. The number of hydrogen-bond donors (Lipinski definition) is 0. The van der Waals surface area contributed by atoms with Gasteiger partial charge >= 0.3 is 0 Å². The summed E-state index contributed by atoms with van der Waals surface area (Å²) in [5, 5.41) is 24.7. The van der Waals surface area contributed by atoms with E-state index in [-0.39, 0.29) is 0 Å². The van der Waals surface area contributed by atoms with Gasteiger partial charge < -0.3 is 0 Å². The third-order valence-corrected chi connectivity index (χ3v) is 8.69. The topological polar surface area (TPSA) is 74.3 Å². The smallest absolute Gasteiger partial charge is 0.192 e. The number of hydrogen-bond acceptors (Lipinski definition) is 7. The Morgan fingerprint density at radius 1 is 1.23 bits per heavy atom. The molecule has 0 radical (unpaired) electrons. The maximum atomic E-state index is 4.63. The number of nitrogens with zero attached hydrogens (tertiary/aromatic N) is 7. The van der Waals surface area contributed by atoms with Crippen molar-refractivity contribution in [2.75, 3.05) is 0 Å². The number of unbranched alkanes of at least 4 members (excludes halogenated alkanes) is 1. The van der Waals surface area contributed by atoms with Crippen LogP contribution in [0.3, 0.4) is 0 Å². The molecule has 0 aliphatic heterocycles. The summed E-state index contributed by atoms with van der Waals surface area (Å²) in [6, 6.07) is 4.65. The van der Waals surface area contributed by atoms with Gasteiger partial charge in [0, 0.05) is 12.6 Å². The molecule has 3 aromatic heterocycles. The largest absolute Gasteiger partial charge is 0.298 e. The van der Waals surface area contributed by atoms with Crippen molar-refractivity contribution in [3.8, 4) is 10.7 Å². The highest BCUT2D eigenvalue weighted by atomic mass is 32.2. The molecule has 0 spiro atoms. The molecule has 0 saturated heterocycles. The van der Waals surface area contributed by atoms with E-state index < -0.39 is 0 Å². The first kappa shape index (κ1) is 20.2. The molecule has 3 heterocycles. The Bertz CT molecular complexity index is 964. The molecule has 5 rings (SSSR count). The molecule has 2 fully saturated rings. The normalized spacial score (nSPS) is 24.0. The summed E-state index contributed by atoms with van der Waals surface area (Å²) in [4.78, 5) is 1.19. The highest BCUT2D eigenvalue weighted by molar-refractivity contribution is 7.98. The lowest BCUT2D eigenvalue weighted by molar-refractivity contribution is 0.235. The monoisotopic (exact) mass is 443 g/mol. The molecule has 7 nitrogen and oxygen atoms in total. The average Bonchev–Trinajstić information content (AvgIpc) is 3.58. The van der Waals surface area contributed by atoms with Crippen LogP contribution in [0.25, 0.3) is 10.7 Å². The Hall–Kier alpha value is -1.74. The lowest BCUT2D eigenvalue weighted by atomic mass is 9.84. The summed E-state index contributed by atoms with van der Waals surface area (Å²) in [6.45, 7) is 5.43. The summed E-state index contributed by atoms with van der Waals surface area (Å²) < 4.78 is 4.33. The van der Waals surface area contributed by atoms with E-state index in [0.717, 1.165) is 53.9 Å². The Morgan fingerprint density at radius 3 is 2.90 bits per heavy atom. The fourth-order valence-electron chi connectivity index (χ4n) is 5.33. The molecule has 4 unspecified atom stereocenters. The van der Waals surface area contributed by atoms with Crippen molar-refractivity contribution in [2.45, 2.75) is 75.9 Å². The van der Waals surface area contributed by atoms with Gasteiger partial charge in [0.25, 0.3) is 0 Å². The first-order valence-electron chi connectivity index (χ1n) is 11.1. The van der Waals surface area contributed by atoms with Crippen molar-refractivity contribution in [3.05, 3.63) is 23.3 Å². The van der Waals surface area contributed by atoms with Gasteiger partial charge in [0.1, 0.15) is 0 Å². The summed E-state index contributed by atoms with van der Waals surface area (Å²) in [6.07, 6.45) is 7.81. The molecule has 4 atom stereocenters. The molecule has 0 amide bonds. The minimum absolute atomic E-state index is 0.408. The lowest BCUT2D eigenvalue weighted by Crippen LogP contribution is -2.23.